The Hall–Kier alpha value is -2.34. The molecule has 0 aliphatic carbocycles. The highest BCUT2D eigenvalue weighted by molar-refractivity contribution is 7.18. The van der Waals surface area contributed by atoms with Gasteiger partial charge < -0.3 is 9.47 Å². The van der Waals surface area contributed by atoms with Crippen molar-refractivity contribution in [3.63, 3.8) is 0 Å². The van der Waals surface area contributed by atoms with E-state index in [9.17, 15) is 9.59 Å². The van der Waals surface area contributed by atoms with Gasteiger partial charge in [-0.05, 0) is 22.7 Å². The third-order valence-electron chi connectivity index (χ3n) is 2.29. The summed E-state index contributed by atoms with van der Waals surface area (Å²) in [5, 5.41) is 15.5. The monoisotopic (exact) mass is 314 g/mol. The maximum Gasteiger partial charge on any atom is 0.349 e. The molecule has 0 radical (unpaired) electrons. The van der Waals surface area contributed by atoms with E-state index in [1.165, 1.54) is 14.2 Å². The molecule has 2 aromatic heterocycles. The second-order valence-electron chi connectivity index (χ2n) is 3.35. The molecule has 3 heterocycles. The topological polar surface area (TPSA) is 111 Å². The molecule has 2 aromatic rings. The molecule has 0 bridgehead atoms. The fourth-order valence-electron chi connectivity index (χ4n) is 1.40. The lowest BCUT2D eigenvalue weighted by Gasteiger charge is -2.34. The molecule has 1 aliphatic heterocycles. The molecule has 0 aromatic carbocycles. The van der Waals surface area contributed by atoms with Crippen molar-refractivity contribution in [2.24, 2.45) is 0 Å². The van der Waals surface area contributed by atoms with Crippen LogP contribution >= 0.6 is 22.7 Å². The molecule has 0 N–H and O–H groups in total. The van der Waals surface area contributed by atoms with Crippen LogP contribution in [-0.2, 0) is 0 Å². The highest BCUT2D eigenvalue weighted by Crippen LogP contribution is 2.36. The summed E-state index contributed by atoms with van der Waals surface area (Å²) in [6.45, 7) is 0. The van der Waals surface area contributed by atoms with Crippen LogP contribution in [-0.4, -0.2) is 46.7 Å². The van der Waals surface area contributed by atoms with E-state index >= 15 is 0 Å². The molecule has 10 nitrogen and oxygen atoms in total. The molecule has 0 unspecified atom stereocenters. The minimum Gasteiger partial charge on any atom is -0.472 e. The van der Waals surface area contributed by atoms with E-state index < -0.39 is 12.1 Å². The first-order valence-corrected chi connectivity index (χ1v) is 6.72. The van der Waals surface area contributed by atoms with Crippen LogP contribution in [0.15, 0.2) is 0 Å². The normalized spacial score (nSPS) is 14.5. The summed E-state index contributed by atoms with van der Waals surface area (Å²) in [5.41, 5.74) is 0. The smallest absolute Gasteiger partial charge is 0.349 e. The first kappa shape index (κ1) is 12.7. The van der Waals surface area contributed by atoms with Crippen molar-refractivity contribution in [1.29, 1.82) is 0 Å². The second kappa shape index (κ2) is 4.64. The lowest BCUT2D eigenvalue weighted by atomic mass is 10.5. The maximum absolute atomic E-state index is 12.0. The quantitative estimate of drug-likeness (QED) is 0.821. The van der Waals surface area contributed by atoms with Gasteiger partial charge in [-0.1, -0.05) is 10.2 Å². The lowest BCUT2D eigenvalue weighted by Crippen LogP contribution is -2.64. The first-order valence-electron chi connectivity index (χ1n) is 5.09. The van der Waals surface area contributed by atoms with Gasteiger partial charge in [-0.2, -0.15) is 9.80 Å². The Labute approximate surface area is 119 Å². The molecule has 12 heteroatoms. The number of aromatic nitrogens is 4. The van der Waals surface area contributed by atoms with Gasteiger partial charge in [-0.3, -0.25) is 0 Å². The van der Waals surface area contributed by atoms with Crippen LogP contribution in [0, 0.1) is 0 Å². The fourth-order valence-corrected chi connectivity index (χ4v) is 2.70. The Balaban J connectivity index is 1.82. The number of urea groups is 2. The summed E-state index contributed by atoms with van der Waals surface area (Å²) >= 11 is 1.97. The number of amides is 4. The van der Waals surface area contributed by atoms with Gasteiger partial charge in [0.2, 0.25) is 10.3 Å². The van der Waals surface area contributed by atoms with Crippen LogP contribution in [0.4, 0.5) is 19.9 Å². The van der Waals surface area contributed by atoms with Crippen molar-refractivity contribution in [3.8, 4) is 10.4 Å². The van der Waals surface area contributed by atoms with E-state index in [0.29, 0.717) is 0 Å². The number of ether oxygens (including phenoxy) is 2. The summed E-state index contributed by atoms with van der Waals surface area (Å²) in [7, 11) is 2.84. The predicted molar refractivity (Wildman–Crippen MR) is 68.7 cm³/mol. The standard InChI is InChI=1S/C8H6N6O4S2/c1-17-5-11-9-3(19-5)13-7(15)14(8(13)16)4-10-12-6(18-2)20-4/h1-2H3. The van der Waals surface area contributed by atoms with E-state index in [2.05, 4.69) is 20.4 Å². The highest BCUT2D eigenvalue weighted by atomic mass is 32.1. The van der Waals surface area contributed by atoms with Crippen LogP contribution in [0.5, 0.6) is 10.4 Å². The van der Waals surface area contributed by atoms with Crippen LogP contribution in [0.1, 0.15) is 0 Å². The van der Waals surface area contributed by atoms with Crippen LogP contribution in [0.25, 0.3) is 0 Å². The van der Waals surface area contributed by atoms with Crippen LogP contribution in [0.2, 0.25) is 0 Å². The van der Waals surface area contributed by atoms with Crippen molar-refractivity contribution >= 4 is 45.0 Å². The van der Waals surface area contributed by atoms with E-state index in [1.54, 1.807) is 0 Å². The Morgan fingerprint density at radius 3 is 1.50 bits per heavy atom. The second-order valence-corrected chi connectivity index (χ2v) is 5.18. The molecule has 20 heavy (non-hydrogen) atoms. The summed E-state index contributed by atoms with van der Waals surface area (Å²) in [6.07, 6.45) is 0. The van der Waals surface area contributed by atoms with Gasteiger partial charge in [0.05, 0.1) is 14.2 Å². The predicted octanol–water partition coefficient (Wildman–Crippen LogP) is 0.973. The largest absolute Gasteiger partial charge is 0.472 e. The summed E-state index contributed by atoms with van der Waals surface area (Å²) in [5.74, 6) is 0. The Bertz CT molecular complexity index is 614. The lowest BCUT2D eigenvalue weighted by molar-refractivity contribution is 0.226. The molecule has 1 saturated heterocycles. The molecule has 1 aliphatic rings. The van der Waals surface area contributed by atoms with Gasteiger partial charge in [0.25, 0.3) is 10.4 Å². The number of anilines is 2. The van der Waals surface area contributed by atoms with Gasteiger partial charge in [-0.25, -0.2) is 9.59 Å². The van der Waals surface area contributed by atoms with Crippen LogP contribution in [0.3, 0.4) is 0 Å². The number of carbonyl (C=O) groups is 2. The van der Waals surface area contributed by atoms with E-state index in [0.717, 1.165) is 32.5 Å². The zero-order valence-electron chi connectivity index (χ0n) is 10.1. The first-order chi connectivity index (χ1) is 9.65. The number of hydrogen-bond donors (Lipinski definition) is 0. The Kier molecular flexibility index (Phi) is 2.94. The molecule has 0 saturated carbocycles. The molecule has 0 spiro atoms. The molecule has 104 valence electrons. The summed E-state index contributed by atoms with van der Waals surface area (Å²) < 4.78 is 9.72. The maximum atomic E-state index is 12.0. The van der Waals surface area contributed by atoms with E-state index in [1.807, 2.05) is 0 Å². The number of hydrogen-bond acceptors (Lipinski definition) is 10. The van der Waals surface area contributed by atoms with Crippen molar-refractivity contribution < 1.29 is 19.1 Å². The van der Waals surface area contributed by atoms with Crippen molar-refractivity contribution in [1.82, 2.24) is 20.4 Å². The molecule has 1 fully saturated rings. The summed E-state index contributed by atoms with van der Waals surface area (Å²) in [4.78, 5) is 25.8. The van der Waals surface area contributed by atoms with Gasteiger partial charge in [0.15, 0.2) is 0 Å². The number of nitrogens with zero attached hydrogens (tertiary/aromatic N) is 6. The number of rotatable bonds is 4. The SMILES string of the molecule is COc1nnc(N2C(=O)N(c3nnc(OC)s3)C2=O)s1. The Morgan fingerprint density at radius 2 is 1.20 bits per heavy atom. The van der Waals surface area contributed by atoms with Gasteiger partial charge in [0, 0.05) is 0 Å². The number of carbonyl (C=O) groups excluding carboxylic acids is 2. The third-order valence-corrected chi connectivity index (χ3v) is 4.03. The average molecular weight is 314 g/mol. The number of imide groups is 2. The van der Waals surface area contributed by atoms with Crippen molar-refractivity contribution in [2.75, 3.05) is 24.0 Å². The molecular weight excluding hydrogens is 308 g/mol. The van der Waals surface area contributed by atoms with Gasteiger partial charge in [0.1, 0.15) is 0 Å². The van der Waals surface area contributed by atoms with Crippen molar-refractivity contribution in [3.05, 3.63) is 0 Å². The minimum absolute atomic E-state index is 0.143. The zero-order valence-corrected chi connectivity index (χ0v) is 11.8. The molecular formula is C8H6N6O4S2. The summed E-state index contributed by atoms with van der Waals surface area (Å²) in [6, 6.07) is -1.15. The minimum atomic E-state index is -0.576. The van der Waals surface area contributed by atoms with Gasteiger partial charge >= 0.3 is 12.1 Å². The molecule has 3 rings (SSSR count). The van der Waals surface area contributed by atoms with Crippen molar-refractivity contribution in [2.45, 2.75) is 0 Å². The highest BCUT2D eigenvalue weighted by Gasteiger charge is 2.49. The molecule has 4 amide bonds. The van der Waals surface area contributed by atoms with Crippen LogP contribution < -0.4 is 19.3 Å². The van der Waals surface area contributed by atoms with E-state index in [-0.39, 0.29) is 20.7 Å². The zero-order chi connectivity index (χ0) is 14.3. The average Bonchev–Trinajstić information content (AvgIpc) is 3.08. The van der Waals surface area contributed by atoms with E-state index in [4.69, 9.17) is 9.47 Å². The molecule has 0 atom stereocenters. The van der Waals surface area contributed by atoms with Gasteiger partial charge in [-0.15, -0.1) is 10.2 Å². The fraction of sp³-hybridized carbons (Fsp3) is 0.250. The number of methoxy groups -OCH3 is 2. The Morgan fingerprint density at radius 1 is 0.800 bits per heavy atom. The third kappa shape index (κ3) is 1.77.